The van der Waals surface area contributed by atoms with Crippen molar-refractivity contribution >= 4 is 27.9 Å². The fraction of sp³-hybridized carbons (Fsp3) is 0.0952. The fourth-order valence-corrected chi connectivity index (χ4v) is 3.81. The summed E-state index contributed by atoms with van der Waals surface area (Å²) in [7, 11) is 1.65. The molecule has 2 aromatic heterocycles. The van der Waals surface area contributed by atoms with Gasteiger partial charge in [0.15, 0.2) is 0 Å². The van der Waals surface area contributed by atoms with Crippen LogP contribution in [0.3, 0.4) is 0 Å². The molecule has 5 heteroatoms. The van der Waals surface area contributed by atoms with Crippen molar-refractivity contribution in [3.8, 4) is 11.5 Å². The first-order valence-electron chi connectivity index (χ1n) is 8.27. The molecule has 2 aromatic carbocycles. The van der Waals surface area contributed by atoms with Gasteiger partial charge in [0.05, 0.1) is 13.2 Å². The third kappa shape index (κ3) is 3.09. The second-order valence-corrected chi connectivity index (χ2v) is 6.88. The lowest BCUT2D eigenvalue weighted by Gasteiger charge is -2.21. The number of hydrogen-bond acceptors (Lipinski definition) is 5. The molecule has 1 atom stereocenters. The van der Waals surface area contributed by atoms with E-state index in [0.717, 1.165) is 27.3 Å². The van der Waals surface area contributed by atoms with Crippen molar-refractivity contribution in [3.05, 3.63) is 82.7 Å². The lowest BCUT2D eigenvalue weighted by atomic mass is 10.0. The monoisotopic (exact) mass is 362 g/mol. The van der Waals surface area contributed by atoms with Crippen LogP contribution in [0.5, 0.6) is 11.5 Å². The van der Waals surface area contributed by atoms with Crippen LogP contribution in [0, 0.1) is 0 Å². The quantitative estimate of drug-likeness (QED) is 0.511. The van der Waals surface area contributed by atoms with E-state index in [1.54, 1.807) is 24.6 Å². The molecular formula is C21H18N2O2S. The van der Waals surface area contributed by atoms with E-state index in [-0.39, 0.29) is 11.8 Å². The average molecular weight is 362 g/mol. The highest BCUT2D eigenvalue weighted by Crippen LogP contribution is 2.38. The maximum Gasteiger partial charge on any atom is 0.147 e. The lowest BCUT2D eigenvalue weighted by Crippen LogP contribution is -2.11. The minimum Gasteiger partial charge on any atom is -0.505 e. The van der Waals surface area contributed by atoms with Crippen molar-refractivity contribution in [1.82, 2.24) is 4.98 Å². The van der Waals surface area contributed by atoms with Gasteiger partial charge >= 0.3 is 0 Å². The second-order valence-electron chi connectivity index (χ2n) is 5.90. The van der Waals surface area contributed by atoms with E-state index >= 15 is 0 Å². The van der Waals surface area contributed by atoms with Crippen molar-refractivity contribution in [1.29, 1.82) is 0 Å². The van der Waals surface area contributed by atoms with Gasteiger partial charge in [0.25, 0.3) is 0 Å². The predicted octanol–water partition coefficient (Wildman–Crippen LogP) is 5.21. The van der Waals surface area contributed by atoms with Gasteiger partial charge in [-0.2, -0.15) is 0 Å². The highest BCUT2D eigenvalue weighted by Gasteiger charge is 2.20. The maximum absolute atomic E-state index is 10.9. The molecule has 4 aromatic rings. The van der Waals surface area contributed by atoms with Gasteiger partial charge in [-0.25, -0.2) is 0 Å². The van der Waals surface area contributed by atoms with Crippen LogP contribution in [0.25, 0.3) is 10.9 Å². The van der Waals surface area contributed by atoms with Crippen LogP contribution in [0.1, 0.15) is 16.5 Å². The van der Waals surface area contributed by atoms with E-state index in [9.17, 15) is 5.11 Å². The Labute approximate surface area is 155 Å². The van der Waals surface area contributed by atoms with Gasteiger partial charge in [0.2, 0.25) is 0 Å². The maximum atomic E-state index is 10.9. The number of nitrogens with zero attached hydrogens (tertiary/aromatic N) is 1. The molecule has 0 aliphatic heterocycles. The largest absolute Gasteiger partial charge is 0.505 e. The zero-order valence-electron chi connectivity index (χ0n) is 14.2. The Morgan fingerprint density at radius 2 is 2.00 bits per heavy atom. The molecule has 130 valence electrons. The molecule has 1 unspecified atom stereocenters. The third-order valence-corrected chi connectivity index (χ3v) is 5.24. The SMILES string of the molecule is COc1cccc(NC(c2cccs2)c2ccc3cccnc3c2O)c1. The number of methoxy groups -OCH3 is 1. The van der Waals surface area contributed by atoms with Gasteiger partial charge in [-0.05, 0) is 29.6 Å². The Morgan fingerprint density at radius 3 is 2.81 bits per heavy atom. The minimum atomic E-state index is -0.187. The Bertz CT molecular complexity index is 1030. The Morgan fingerprint density at radius 1 is 1.08 bits per heavy atom. The Kier molecular flexibility index (Phi) is 4.46. The van der Waals surface area contributed by atoms with E-state index in [1.165, 1.54) is 0 Å². The summed E-state index contributed by atoms with van der Waals surface area (Å²) in [5.41, 5.74) is 2.32. The van der Waals surface area contributed by atoms with Crippen LogP contribution in [0.2, 0.25) is 0 Å². The molecule has 26 heavy (non-hydrogen) atoms. The number of benzene rings is 2. The van der Waals surface area contributed by atoms with Gasteiger partial charge in [-0.3, -0.25) is 4.98 Å². The molecule has 0 aliphatic carbocycles. The summed E-state index contributed by atoms with van der Waals surface area (Å²) in [6.07, 6.45) is 1.70. The smallest absolute Gasteiger partial charge is 0.147 e. The first-order valence-corrected chi connectivity index (χ1v) is 9.15. The summed E-state index contributed by atoms with van der Waals surface area (Å²) in [6.45, 7) is 0. The Balaban J connectivity index is 1.80. The molecule has 4 rings (SSSR count). The van der Waals surface area contributed by atoms with Gasteiger partial charge in [-0.1, -0.05) is 30.3 Å². The second kappa shape index (κ2) is 7.06. The number of pyridine rings is 1. The normalized spacial score (nSPS) is 12.0. The molecule has 0 fully saturated rings. The zero-order chi connectivity index (χ0) is 17.9. The first kappa shape index (κ1) is 16.4. The molecule has 0 saturated carbocycles. The van der Waals surface area contributed by atoms with Gasteiger partial charge < -0.3 is 15.2 Å². The molecule has 2 heterocycles. The van der Waals surface area contributed by atoms with Crippen LogP contribution < -0.4 is 10.1 Å². The summed E-state index contributed by atoms with van der Waals surface area (Å²) in [4.78, 5) is 5.45. The molecule has 0 bridgehead atoms. The van der Waals surface area contributed by atoms with Crippen LogP contribution in [0.4, 0.5) is 5.69 Å². The molecule has 0 radical (unpaired) electrons. The number of hydrogen-bond donors (Lipinski definition) is 2. The number of nitrogens with one attached hydrogen (secondary N) is 1. The first-order chi connectivity index (χ1) is 12.8. The highest BCUT2D eigenvalue weighted by molar-refractivity contribution is 7.10. The fourth-order valence-electron chi connectivity index (χ4n) is 3.02. The molecule has 0 spiro atoms. The molecule has 2 N–H and O–H groups in total. The van der Waals surface area contributed by atoms with Crippen LogP contribution >= 0.6 is 11.3 Å². The van der Waals surface area contributed by atoms with Crippen molar-refractivity contribution in [2.75, 3.05) is 12.4 Å². The van der Waals surface area contributed by atoms with Crippen molar-refractivity contribution < 1.29 is 9.84 Å². The van der Waals surface area contributed by atoms with E-state index in [4.69, 9.17) is 4.74 Å². The molecule has 4 nitrogen and oxygen atoms in total. The number of phenolic OH excluding ortho intramolecular Hbond substituents is 1. The number of thiophene rings is 1. The van der Waals surface area contributed by atoms with E-state index < -0.39 is 0 Å². The Hall–Kier alpha value is -3.05. The van der Waals surface area contributed by atoms with Crippen molar-refractivity contribution in [2.45, 2.75) is 6.04 Å². The number of rotatable bonds is 5. The summed E-state index contributed by atoms with van der Waals surface area (Å²) in [5.74, 6) is 0.987. The number of aromatic hydroxyl groups is 1. The predicted molar refractivity (Wildman–Crippen MR) is 106 cm³/mol. The number of ether oxygens (including phenoxy) is 1. The van der Waals surface area contributed by atoms with Crippen molar-refractivity contribution in [2.24, 2.45) is 0 Å². The molecule has 0 aliphatic rings. The summed E-state index contributed by atoms with van der Waals surface area (Å²) in [5, 5.41) is 17.3. The summed E-state index contributed by atoms with van der Waals surface area (Å²) >= 11 is 1.64. The van der Waals surface area contributed by atoms with Crippen LogP contribution in [0.15, 0.2) is 72.2 Å². The zero-order valence-corrected chi connectivity index (χ0v) is 15.0. The van der Waals surface area contributed by atoms with Crippen LogP contribution in [-0.4, -0.2) is 17.2 Å². The van der Waals surface area contributed by atoms with Crippen LogP contribution in [-0.2, 0) is 0 Å². The minimum absolute atomic E-state index is 0.187. The average Bonchev–Trinajstić information content (AvgIpc) is 3.22. The molecular weight excluding hydrogens is 344 g/mol. The summed E-state index contributed by atoms with van der Waals surface area (Å²) < 4.78 is 5.32. The third-order valence-electron chi connectivity index (χ3n) is 4.30. The number of anilines is 1. The standard InChI is InChI=1S/C21H18N2O2S/c1-25-16-7-2-6-15(13-16)23-20(18-8-4-12-26-18)17-10-9-14-5-3-11-22-19(14)21(17)24/h2-13,20,23-24H,1H3. The van der Waals surface area contributed by atoms with Gasteiger partial charge in [0, 0.05) is 33.8 Å². The number of phenols is 1. The van der Waals surface area contributed by atoms with E-state index in [0.29, 0.717) is 5.52 Å². The van der Waals surface area contributed by atoms with E-state index in [2.05, 4.69) is 16.4 Å². The topological polar surface area (TPSA) is 54.4 Å². The number of aromatic nitrogens is 1. The molecule has 0 amide bonds. The lowest BCUT2D eigenvalue weighted by molar-refractivity contribution is 0.415. The van der Waals surface area contributed by atoms with Gasteiger partial charge in [-0.15, -0.1) is 11.3 Å². The highest BCUT2D eigenvalue weighted by atomic mass is 32.1. The van der Waals surface area contributed by atoms with Crippen molar-refractivity contribution in [3.63, 3.8) is 0 Å². The summed E-state index contributed by atoms with van der Waals surface area (Å²) in [6, 6.07) is 19.4. The number of fused-ring (bicyclic) bond motifs is 1. The van der Waals surface area contributed by atoms with E-state index in [1.807, 2.05) is 60.0 Å². The van der Waals surface area contributed by atoms with Gasteiger partial charge in [0.1, 0.15) is 17.0 Å². The molecule has 0 saturated heterocycles.